The molecule has 25 heavy (non-hydrogen) atoms. The molecular weight excluding hydrogens is 320 g/mol. The summed E-state index contributed by atoms with van der Waals surface area (Å²) in [4.78, 5) is 12.4. The van der Waals surface area contributed by atoms with Crippen LogP contribution in [0.15, 0.2) is 48.5 Å². The van der Waals surface area contributed by atoms with E-state index in [1.54, 1.807) is 12.1 Å². The van der Waals surface area contributed by atoms with Crippen LogP contribution in [-0.4, -0.2) is 33.9 Å². The highest BCUT2D eigenvalue weighted by atomic mass is 16.5. The van der Waals surface area contributed by atoms with Gasteiger partial charge in [-0.3, -0.25) is 0 Å². The number of carbonyl (C=O) groups excluding carboxylic acids is 1. The van der Waals surface area contributed by atoms with Crippen LogP contribution in [0.5, 0.6) is 17.2 Å². The second-order valence-electron chi connectivity index (χ2n) is 5.17. The van der Waals surface area contributed by atoms with Gasteiger partial charge in [-0.05, 0) is 30.2 Å². The summed E-state index contributed by atoms with van der Waals surface area (Å²) < 4.78 is 21.2. The number of carbonyl (C=O) groups is 1. The first-order valence-electron chi connectivity index (χ1n) is 7.82. The first kappa shape index (κ1) is 18.4. The van der Waals surface area contributed by atoms with Crippen molar-refractivity contribution in [3.63, 3.8) is 0 Å². The van der Waals surface area contributed by atoms with Crippen molar-refractivity contribution in [3.8, 4) is 17.2 Å². The third-order valence-corrected chi connectivity index (χ3v) is 3.75. The van der Waals surface area contributed by atoms with E-state index in [0.717, 1.165) is 11.1 Å². The van der Waals surface area contributed by atoms with Crippen LogP contribution >= 0.6 is 0 Å². The fourth-order valence-corrected chi connectivity index (χ4v) is 2.41. The number of allylic oxidation sites excluding steroid dienone is 1. The maximum atomic E-state index is 12.4. The summed E-state index contributed by atoms with van der Waals surface area (Å²) >= 11 is 0. The van der Waals surface area contributed by atoms with E-state index in [1.165, 1.54) is 21.3 Å². The molecule has 0 saturated heterocycles. The Hall–Kier alpha value is -2.95. The zero-order chi connectivity index (χ0) is 18.2. The van der Waals surface area contributed by atoms with Crippen LogP contribution in [0.1, 0.15) is 22.8 Å². The standard InChI is InChI=1S/C20H22O5/c1-5-14(15-9-7-6-8-10-15)13-25-20(21)16-11-17(22-2)19(24-4)18(12-16)23-3/h5-12H,13H2,1-4H3/b14-5+. The molecule has 0 spiro atoms. The predicted molar refractivity (Wildman–Crippen MR) is 96.5 cm³/mol. The van der Waals surface area contributed by atoms with E-state index >= 15 is 0 Å². The molecule has 2 rings (SSSR count). The number of methoxy groups -OCH3 is 3. The number of hydrogen-bond acceptors (Lipinski definition) is 5. The molecule has 0 fully saturated rings. The molecule has 0 aliphatic rings. The van der Waals surface area contributed by atoms with E-state index in [-0.39, 0.29) is 6.61 Å². The van der Waals surface area contributed by atoms with Crippen molar-refractivity contribution in [3.05, 3.63) is 59.7 Å². The molecule has 0 amide bonds. The zero-order valence-electron chi connectivity index (χ0n) is 14.9. The Morgan fingerprint density at radius 1 is 0.920 bits per heavy atom. The van der Waals surface area contributed by atoms with Gasteiger partial charge >= 0.3 is 5.97 Å². The second-order valence-corrected chi connectivity index (χ2v) is 5.17. The molecule has 0 aromatic heterocycles. The minimum atomic E-state index is -0.463. The number of rotatable bonds is 7. The highest BCUT2D eigenvalue weighted by Crippen LogP contribution is 2.38. The van der Waals surface area contributed by atoms with Gasteiger partial charge in [0, 0.05) is 0 Å². The molecule has 0 saturated carbocycles. The van der Waals surface area contributed by atoms with Gasteiger partial charge in [0.1, 0.15) is 6.61 Å². The van der Waals surface area contributed by atoms with Crippen molar-refractivity contribution in [2.45, 2.75) is 6.92 Å². The maximum Gasteiger partial charge on any atom is 0.338 e. The fraction of sp³-hybridized carbons (Fsp3) is 0.250. The summed E-state index contributed by atoms with van der Waals surface area (Å²) in [5.41, 5.74) is 2.28. The van der Waals surface area contributed by atoms with Crippen LogP contribution in [0.3, 0.4) is 0 Å². The molecule has 0 radical (unpaired) electrons. The van der Waals surface area contributed by atoms with Gasteiger partial charge in [-0.25, -0.2) is 4.79 Å². The molecule has 0 N–H and O–H groups in total. The number of ether oxygens (including phenoxy) is 4. The molecular formula is C20H22O5. The van der Waals surface area contributed by atoms with E-state index in [4.69, 9.17) is 18.9 Å². The predicted octanol–water partition coefficient (Wildman–Crippen LogP) is 3.97. The lowest BCUT2D eigenvalue weighted by molar-refractivity contribution is 0.0556. The molecule has 2 aromatic carbocycles. The molecule has 5 heteroatoms. The van der Waals surface area contributed by atoms with Crippen LogP contribution in [0.25, 0.3) is 5.57 Å². The molecule has 0 aliphatic heterocycles. The minimum Gasteiger partial charge on any atom is -0.493 e. The van der Waals surface area contributed by atoms with Crippen molar-refractivity contribution in [2.75, 3.05) is 27.9 Å². The summed E-state index contributed by atoms with van der Waals surface area (Å²) in [6.45, 7) is 2.09. The van der Waals surface area contributed by atoms with Crippen LogP contribution < -0.4 is 14.2 Å². The Labute approximate surface area is 147 Å². The van der Waals surface area contributed by atoms with Crippen molar-refractivity contribution in [1.82, 2.24) is 0 Å². The third-order valence-electron chi connectivity index (χ3n) is 3.75. The first-order valence-corrected chi connectivity index (χ1v) is 7.82. The van der Waals surface area contributed by atoms with Crippen LogP contribution in [0.2, 0.25) is 0 Å². The maximum absolute atomic E-state index is 12.4. The average molecular weight is 342 g/mol. The van der Waals surface area contributed by atoms with Gasteiger partial charge in [-0.2, -0.15) is 0 Å². The fourth-order valence-electron chi connectivity index (χ4n) is 2.41. The average Bonchev–Trinajstić information content (AvgIpc) is 2.67. The Morgan fingerprint density at radius 3 is 2.00 bits per heavy atom. The van der Waals surface area contributed by atoms with Crippen LogP contribution in [0.4, 0.5) is 0 Å². The second kappa shape index (κ2) is 8.78. The SMILES string of the molecule is C/C=C(\COC(=O)c1cc(OC)c(OC)c(OC)c1)c1ccccc1. The van der Waals surface area contributed by atoms with Gasteiger partial charge in [-0.1, -0.05) is 36.4 Å². The lowest BCUT2D eigenvalue weighted by Gasteiger charge is -2.14. The number of benzene rings is 2. The molecule has 0 unspecified atom stereocenters. The van der Waals surface area contributed by atoms with E-state index < -0.39 is 5.97 Å². The van der Waals surface area contributed by atoms with Gasteiger partial charge in [-0.15, -0.1) is 0 Å². The Balaban J connectivity index is 2.18. The molecule has 5 nitrogen and oxygen atoms in total. The number of esters is 1. The topological polar surface area (TPSA) is 54.0 Å². The third kappa shape index (κ3) is 4.32. The summed E-state index contributed by atoms with van der Waals surface area (Å²) in [6.07, 6.45) is 1.93. The lowest BCUT2D eigenvalue weighted by Crippen LogP contribution is -2.09. The Kier molecular flexibility index (Phi) is 6.46. The van der Waals surface area contributed by atoms with Crippen molar-refractivity contribution < 1.29 is 23.7 Å². The zero-order valence-corrected chi connectivity index (χ0v) is 14.9. The Bertz CT molecular complexity index is 725. The highest BCUT2D eigenvalue weighted by molar-refractivity contribution is 5.91. The van der Waals surface area contributed by atoms with Crippen molar-refractivity contribution in [1.29, 1.82) is 0 Å². The van der Waals surface area contributed by atoms with Gasteiger partial charge in [0.05, 0.1) is 26.9 Å². The van der Waals surface area contributed by atoms with E-state index in [2.05, 4.69) is 0 Å². The van der Waals surface area contributed by atoms with E-state index in [0.29, 0.717) is 22.8 Å². The number of hydrogen-bond donors (Lipinski definition) is 0. The highest BCUT2D eigenvalue weighted by Gasteiger charge is 2.18. The van der Waals surface area contributed by atoms with E-state index in [1.807, 2.05) is 43.3 Å². The summed E-state index contributed by atoms with van der Waals surface area (Å²) in [7, 11) is 4.51. The summed E-state index contributed by atoms with van der Waals surface area (Å²) in [5.74, 6) is 0.778. The quantitative estimate of drug-likeness (QED) is 0.713. The molecule has 0 atom stereocenters. The molecule has 2 aromatic rings. The lowest BCUT2D eigenvalue weighted by atomic mass is 10.1. The molecule has 0 heterocycles. The minimum absolute atomic E-state index is 0.177. The first-order chi connectivity index (χ1) is 12.1. The molecule has 0 aliphatic carbocycles. The largest absolute Gasteiger partial charge is 0.493 e. The van der Waals surface area contributed by atoms with Gasteiger partial charge < -0.3 is 18.9 Å². The summed E-state index contributed by atoms with van der Waals surface area (Å²) in [6, 6.07) is 12.9. The van der Waals surface area contributed by atoms with Crippen LogP contribution in [0, 0.1) is 0 Å². The smallest absolute Gasteiger partial charge is 0.338 e. The van der Waals surface area contributed by atoms with Crippen LogP contribution in [-0.2, 0) is 4.74 Å². The van der Waals surface area contributed by atoms with Gasteiger partial charge in [0.25, 0.3) is 0 Å². The Morgan fingerprint density at radius 2 is 1.52 bits per heavy atom. The van der Waals surface area contributed by atoms with E-state index in [9.17, 15) is 4.79 Å². The monoisotopic (exact) mass is 342 g/mol. The van der Waals surface area contributed by atoms with Crippen molar-refractivity contribution in [2.24, 2.45) is 0 Å². The summed E-state index contributed by atoms with van der Waals surface area (Å²) in [5, 5.41) is 0. The molecule has 0 bridgehead atoms. The van der Waals surface area contributed by atoms with Gasteiger partial charge in [0.2, 0.25) is 5.75 Å². The normalized spacial score (nSPS) is 11.0. The van der Waals surface area contributed by atoms with Gasteiger partial charge in [0.15, 0.2) is 11.5 Å². The molecule has 132 valence electrons. The van der Waals surface area contributed by atoms with Crippen molar-refractivity contribution >= 4 is 11.5 Å².